The van der Waals surface area contributed by atoms with Gasteiger partial charge in [0.1, 0.15) is 0 Å². The third-order valence-electron chi connectivity index (χ3n) is 6.60. The number of nitrogens with one attached hydrogen (secondary N) is 1. The second kappa shape index (κ2) is 10.7. The number of imidazole rings is 1. The van der Waals surface area contributed by atoms with Crippen molar-refractivity contribution in [1.29, 1.82) is 0 Å². The Morgan fingerprint density at radius 3 is 2.08 bits per heavy atom. The van der Waals surface area contributed by atoms with Crippen LogP contribution in [-0.4, -0.2) is 27.1 Å². The molecule has 3 aromatic carbocycles. The van der Waals surface area contributed by atoms with Crippen LogP contribution in [-0.2, 0) is 19.5 Å². The number of aryl methyl sites for hydroxylation is 4. The molecular weight excluding hydrogens is 458 g/mol. The van der Waals surface area contributed by atoms with Gasteiger partial charge in [0.15, 0.2) is 5.69 Å². The second-order valence-corrected chi connectivity index (χ2v) is 9.31. The molecule has 5 rings (SSSR count). The van der Waals surface area contributed by atoms with Crippen LogP contribution < -0.4 is 10.9 Å². The molecule has 0 aliphatic carbocycles. The van der Waals surface area contributed by atoms with Gasteiger partial charge in [0.25, 0.3) is 5.91 Å². The predicted octanol–water partition coefficient (Wildman–Crippen LogP) is 5.34. The van der Waals surface area contributed by atoms with Crippen molar-refractivity contribution in [3.63, 3.8) is 0 Å². The quantitative estimate of drug-likeness (QED) is 0.336. The summed E-state index contributed by atoms with van der Waals surface area (Å²) in [6.07, 6.45) is 2.48. The summed E-state index contributed by atoms with van der Waals surface area (Å²) in [5, 5.41) is 2.68. The zero-order valence-electron chi connectivity index (χ0n) is 21.5. The molecular formula is C31H31N5O. The van der Waals surface area contributed by atoms with Gasteiger partial charge < -0.3 is 14.5 Å². The van der Waals surface area contributed by atoms with E-state index in [0.29, 0.717) is 17.9 Å². The number of nitrogens with zero attached hydrogens (tertiary/aromatic N) is 4. The molecule has 0 aliphatic rings. The van der Waals surface area contributed by atoms with Gasteiger partial charge in [-0.15, -0.1) is 0 Å². The lowest BCUT2D eigenvalue weighted by molar-refractivity contribution is 0.0959. The smallest absolute Gasteiger partial charge is 0.271 e. The summed E-state index contributed by atoms with van der Waals surface area (Å²) in [5.41, 5.74) is 8.76. The van der Waals surface area contributed by atoms with Crippen LogP contribution in [0.15, 0.2) is 96.1 Å². The molecule has 0 saturated heterocycles. The first-order chi connectivity index (χ1) is 18.0. The normalized spacial score (nSPS) is 11.7. The molecule has 2 heterocycles. The highest BCUT2D eigenvalue weighted by molar-refractivity contribution is 5.96. The molecule has 0 fully saturated rings. The zero-order chi connectivity index (χ0) is 25.8. The predicted molar refractivity (Wildman–Crippen MR) is 148 cm³/mol. The van der Waals surface area contributed by atoms with Crippen LogP contribution in [0.1, 0.15) is 32.7 Å². The summed E-state index contributed by atoms with van der Waals surface area (Å²) in [7, 11) is 1.61. The summed E-state index contributed by atoms with van der Waals surface area (Å²) in [4.78, 5) is 22.0. The molecule has 0 spiro atoms. The fourth-order valence-corrected chi connectivity index (χ4v) is 4.54. The summed E-state index contributed by atoms with van der Waals surface area (Å²) >= 11 is 0. The van der Waals surface area contributed by atoms with Crippen molar-refractivity contribution in [2.75, 3.05) is 7.05 Å². The molecule has 1 N–H and O–H groups in total. The van der Waals surface area contributed by atoms with Gasteiger partial charge in [0.2, 0.25) is 5.62 Å². The fraction of sp³-hybridized carbons (Fsp3) is 0.194. The van der Waals surface area contributed by atoms with Crippen LogP contribution in [0, 0.1) is 13.8 Å². The number of aromatic nitrogens is 3. The Bertz CT molecular complexity index is 1610. The monoisotopic (exact) mass is 489 g/mol. The summed E-state index contributed by atoms with van der Waals surface area (Å²) in [6, 6.07) is 29.3. The van der Waals surface area contributed by atoms with Gasteiger partial charge in [-0.25, -0.2) is 9.98 Å². The minimum atomic E-state index is -0.258. The maximum atomic E-state index is 12.6. The Balaban J connectivity index is 1.71. The first-order valence-corrected chi connectivity index (χ1v) is 12.5. The van der Waals surface area contributed by atoms with E-state index in [1.807, 2.05) is 12.1 Å². The highest BCUT2D eigenvalue weighted by Crippen LogP contribution is 2.19. The number of fused-ring (bicyclic) bond motifs is 1. The molecule has 0 unspecified atom stereocenters. The molecule has 37 heavy (non-hydrogen) atoms. The second-order valence-electron chi connectivity index (χ2n) is 9.31. The Kier molecular flexibility index (Phi) is 6.99. The molecule has 6 heteroatoms. The Labute approximate surface area is 217 Å². The van der Waals surface area contributed by atoms with Crippen molar-refractivity contribution >= 4 is 22.6 Å². The van der Waals surface area contributed by atoms with Gasteiger partial charge in [-0.05, 0) is 55.7 Å². The van der Waals surface area contributed by atoms with Crippen LogP contribution in [0.4, 0.5) is 5.69 Å². The van der Waals surface area contributed by atoms with Crippen LogP contribution in [0.25, 0.3) is 11.0 Å². The number of pyridine rings is 1. The highest BCUT2D eigenvalue weighted by Gasteiger charge is 2.15. The minimum Gasteiger partial charge on any atom is -0.354 e. The Morgan fingerprint density at radius 2 is 1.43 bits per heavy atom. The maximum Gasteiger partial charge on any atom is 0.271 e. The number of amides is 1. The summed E-state index contributed by atoms with van der Waals surface area (Å²) in [5.74, 6) is -0.258. The lowest BCUT2D eigenvalue weighted by Crippen LogP contribution is -2.27. The van der Waals surface area contributed by atoms with Crippen LogP contribution in [0.3, 0.4) is 0 Å². The average Bonchev–Trinajstić information content (AvgIpc) is 3.21. The number of para-hydroxylation sites is 2. The number of rotatable bonds is 7. The maximum absolute atomic E-state index is 12.6. The standard InChI is InChI=1S/C31H31N5O/c1-22-10-14-24(15-11-22)18-20-35-27-8-4-5-9-28(27)36(21-25-16-12-23(2)13-17-25)31(35)34-26-7-6-19-33-29(26)30(37)32-3/h4-17,19H,18,20-21H2,1-3H3,(H,32,37)/b34-31+. The van der Waals surface area contributed by atoms with Gasteiger partial charge in [0.05, 0.1) is 23.3 Å². The van der Waals surface area contributed by atoms with Gasteiger partial charge in [0, 0.05) is 19.8 Å². The minimum absolute atomic E-state index is 0.258. The van der Waals surface area contributed by atoms with E-state index in [4.69, 9.17) is 4.99 Å². The number of hydrogen-bond acceptors (Lipinski definition) is 3. The molecule has 5 aromatic rings. The molecule has 186 valence electrons. The topological polar surface area (TPSA) is 64.2 Å². The average molecular weight is 490 g/mol. The number of hydrogen-bond donors (Lipinski definition) is 1. The lowest BCUT2D eigenvalue weighted by Gasteiger charge is -2.09. The lowest BCUT2D eigenvalue weighted by atomic mass is 10.1. The van der Waals surface area contributed by atoms with E-state index in [1.54, 1.807) is 13.2 Å². The SMILES string of the molecule is CNC(=O)c1ncccc1/N=c1\n(CCc2ccc(C)cc2)c2ccccc2n1Cc1ccc(C)cc1. The molecule has 0 bridgehead atoms. The largest absolute Gasteiger partial charge is 0.354 e. The molecule has 1 amide bonds. The van der Waals surface area contributed by atoms with Gasteiger partial charge in [-0.2, -0.15) is 0 Å². The van der Waals surface area contributed by atoms with E-state index >= 15 is 0 Å². The fourth-order valence-electron chi connectivity index (χ4n) is 4.54. The van der Waals surface area contributed by atoms with Crippen LogP contribution >= 0.6 is 0 Å². The summed E-state index contributed by atoms with van der Waals surface area (Å²) in [6.45, 7) is 5.61. The Hall–Kier alpha value is -4.45. The van der Waals surface area contributed by atoms with E-state index < -0.39 is 0 Å². The van der Waals surface area contributed by atoms with Crippen molar-refractivity contribution in [1.82, 2.24) is 19.4 Å². The van der Waals surface area contributed by atoms with Gasteiger partial charge >= 0.3 is 0 Å². The van der Waals surface area contributed by atoms with E-state index in [9.17, 15) is 4.79 Å². The van der Waals surface area contributed by atoms with E-state index in [1.165, 1.54) is 22.3 Å². The molecule has 0 atom stereocenters. The van der Waals surface area contributed by atoms with Crippen molar-refractivity contribution in [3.05, 3.63) is 125 Å². The molecule has 6 nitrogen and oxygen atoms in total. The molecule has 0 saturated carbocycles. The third kappa shape index (κ3) is 5.23. The Morgan fingerprint density at radius 1 is 0.811 bits per heavy atom. The van der Waals surface area contributed by atoms with Crippen molar-refractivity contribution in [2.24, 2.45) is 4.99 Å². The number of benzene rings is 3. The highest BCUT2D eigenvalue weighted by atomic mass is 16.1. The first kappa shape index (κ1) is 24.3. The van der Waals surface area contributed by atoms with Crippen molar-refractivity contribution < 1.29 is 4.79 Å². The first-order valence-electron chi connectivity index (χ1n) is 12.5. The molecule has 2 aromatic heterocycles. The van der Waals surface area contributed by atoms with Crippen molar-refractivity contribution in [3.8, 4) is 0 Å². The van der Waals surface area contributed by atoms with Crippen molar-refractivity contribution in [2.45, 2.75) is 33.4 Å². The molecule has 0 aliphatic heterocycles. The third-order valence-corrected chi connectivity index (χ3v) is 6.60. The number of carbonyl (C=O) groups excluding carboxylic acids is 1. The van der Waals surface area contributed by atoms with E-state index in [2.05, 4.69) is 106 Å². The van der Waals surface area contributed by atoms with E-state index in [0.717, 1.165) is 29.6 Å². The van der Waals surface area contributed by atoms with Gasteiger partial charge in [-0.3, -0.25) is 4.79 Å². The zero-order valence-corrected chi connectivity index (χ0v) is 21.5. The number of carbonyl (C=O) groups is 1. The summed E-state index contributed by atoms with van der Waals surface area (Å²) < 4.78 is 4.49. The van der Waals surface area contributed by atoms with Crippen LogP contribution in [0.5, 0.6) is 0 Å². The van der Waals surface area contributed by atoms with E-state index in [-0.39, 0.29) is 5.91 Å². The molecule has 0 radical (unpaired) electrons. The van der Waals surface area contributed by atoms with Crippen LogP contribution in [0.2, 0.25) is 0 Å². The van der Waals surface area contributed by atoms with Gasteiger partial charge in [-0.1, -0.05) is 71.8 Å².